The smallest absolute Gasteiger partial charge is 0.351 e. The second-order valence-corrected chi connectivity index (χ2v) is 4.96. The normalized spacial score (nSPS) is 30.7. The number of thioether (sulfide) groups is 1. The Hall–Kier alpha value is -1.13. The van der Waals surface area contributed by atoms with Crippen molar-refractivity contribution in [3.05, 3.63) is 16.7 Å². The van der Waals surface area contributed by atoms with Crippen LogP contribution in [0.1, 0.15) is 6.23 Å². The van der Waals surface area contributed by atoms with Gasteiger partial charge in [0, 0.05) is 6.20 Å². The molecule has 1 fully saturated rings. The summed E-state index contributed by atoms with van der Waals surface area (Å²) in [5, 5.41) is 28.5. The molecule has 0 bridgehead atoms. The fourth-order valence-electron chi connectivity index (χ4n) is 1.91. The van der Waals surface area contributed by atoms with Crippen LogP contribution < -0.4 is 11.4 Å². The van der Waals surface area contributed by atoms with Crippen LogP contribution in [0.3, 0.4) is 0 Å². The first-order chi connectivity index (χ1) is 8.99. The molecular weight excluding hydrogens is 274 g/mol. The summed E-state index contributed by atoms with van der Waals surface area (Å²) in [6.07, 6.45) is -1.46. The molecule has 19 heavy (non-hydrogen) atoms. The van der Waals surface area contributed by atoms with Crippen LogP contribution in [-0.2, 0) is 4.74 Å². The number of anilines is 1. The molecule has 1 aromatic rings. The minimum atomic E-state index is -1.32. The molecule has 0 aliphatic carbocycles. The number of aliphatic hydroxyl groups is 3. The Morgan fingerprint density at radius 1 is 1.53 bits per heavy atom. The fourth-order valence-corrected chi connectivity index (χ4v) is 2.39. The number of nitrogens with two attached hydrogens (primary N) is 1. The number of nitrogens with zero attached hydrogens (tertiary/aromatic N) is 2. The number of aromatic nitrogens is 2. The van der Waals surface area contributed by atoms with Crippen LogP contribution in [0.5, 0.6) is 0 Å². The summed E-state index contributed by atoms with van der Waals surface area (Å²) in [5.41, 5.74) is 4.89. The number of aliphatic hydroxyl groups excluding tert-OH is 3. The highest BCUT2D eigenvalue weighted by atomic mass is 32.2. The topological polar surface area (TPSA) is 131 Å². The third kappa shape index (κ3) is 2.47. The Morgan fingerprint density at radius 2 is 2.21 bits per heavy atom. The minimum absolute atomic E-state index is 0.0977. The zero-order valence-corrected chi connectivity index (χ0v) is 10.9. The maximum absolute atomic E-state index is 11.8. The first-order valence-corrected chi connectivity index (χ1v) is 6.77. The molecule has 0 radical (unpaired) electrons. The molecule has 0 spiro atoms. The van der Waals surface area contributed by atoms with Crippen LogP contribution in [0.2, 0.25) is 0 Å². The van der Waals surface area contributed by atoms with E-state index >= 15 is 0 Å². The molecular formula is C10H15N3O5S. The lowest BCUT2D eigenvalue weighted by atomic mass is 10.1. The molecule has 2 rings (SSSR count). The third-order valence-corrected chi connectivity index (χ3v) is 3.71. The van der Waals surface area contributed by atoms with E-state index in [1.165, 1.54) is 18.0 Å². The van der Waals surface area contributed by atoms with Crippen molar-refractivity contribution in [2.45, 2.75) is 29.4 Å². The van der Waals surface area contributed by atoms with Gasteiger partial charge in [-0.3, -0.25) is 4.57 Å². The minimum Gasteiger partial charge on any atom is -0.394 e. The summed E-state index contributed by atoms with van der Waals surface area (Å²) >= 11 is 1.29. The SMILES string of the molecule is CSc1cn([C@H]2O[C@H](CO)[C@@H](O)[C@H]2O)c(=O)nc1N. The van der Waals surface area contributed by atoms with Crippen molar-refractivity contribution in [3.8, 4) is 0 Å². The highest BCUT2D eigenvalue weighted by molar-refractivity contribution is 7.98. The molecule has 1 aromatic heterocycles. The summed E-state index contributed by atoms with van der Waals surface area (Å²) in [6, 6.07) is 0. The van der Waals surface area contributed by atoms with E-state index in [9.17, 15) is 15.0 Å². The van der Waals surface area contributed by atoms with E-state index in [2.05, 4.69) is 4.98 Å². The van der Waals surface area contributed by atoms with Crippen LogP contribution in [0.4, 0.5) is 5.82 Å². The lowest BCUT2D eigenvalue weighted by Gasteiger charge is -2.18. The van der Waals surface area contributed by atoms with Gasteiger partial charge in [-0.05, 0) is 6.26 Å². The zero-order valence-electron chi connectivity index (χ0n) is 10.1. The van der Waals surface area contributed by atoms with Crippen LogP contribution in [0.25, 0.3) is 0 Å². The van der Waals surface area contributed by atoms with Gasteiger partial charge in [0.25, 0.3) is 0 Å². The fraction of sp³-hybridized carbons (Fsp3) is 0.600. The van der Waals surface area contributed by atoms with E-state index in [1.807, 2.05) is 0 Å². The van der Waals surface area contributed by atoms with Gasteiger partial charge < -0.3 is 25.8 Å². The van der Waals surface area contributed by atoms with E-state index in [4.69, 9.17) is 15.6 Å². The van der Waals surface area contributed by atoms with Gasteiger partial charge in [0.05, 0.1) is 11.5 Å². The lowest BCUT2D eigenvalue weighted by molar-refractivity contribution is -0.0552. The van der Waals surface area contributed by atoms with Gasteiger partial charge in [-0.2, -0.15) is 4.98 Å². The monoisotopic (exact) mass is 289 g/mol. The molecule has 0 saturated carbocycles. The molecule has 4 atom stereocenters. The molecule has 9 heteroatoms. The molecule has 2 heterocycles. The maximum atomic E-state index is 11.8. The van der Waals surface area contributed by atoms with Gasteiger partial charge in [-0.25, -0.2) is 4.79 Å². The largest absolute Gasteiger partial charge is 0.394 e. The number of hydrogen-bond donors (Lipinski definition) is 4. The number of nitrogen functional groups attached to an aromatic ring is 1. The van der Waals surface area contributed by atoms with Crippen molar-refractivity contribution in [3.63, 3.8) is 0 Å². The molecule has 1 aliphatic heterocycles. The van der Waals surface area contributed by atoms with Crippen molar-refractivity contribution < 1.29 is 20.1 Å². The summed E-state index contributed by atoms with van der Waals surface area (Å²) in [7, 11) is 0. The average molecular weight is 289 g/mol. The molecule has 8 nitrogen and oxygen atoms in total. The Kier molecular flexibility index (Phi) is 4.11. The van der Waals surface area contributed by atoms with Gasteiger partial charge in [0.15, 0.2) is 6.23 Å². The highest BCUT2D eigenvalue weighted by Crippen LogP contribution is 2.29. The first kappa shape index (κ1) is 14.3. The molecule has 0 aromatic carbocycles. The third-order valence-electron chi connectivity index (χ3n) is 2.96. The predicted octanol–water partition coefficient (Wildman–Crippen LogP) is -1.84. The summed E-state index contributed by atoms with van der Waals surface area (Å²) < 4.78 is 6.33. The van der Waals surface area contributed by atoms with E-state index in [0.29, 0.717) is 4.90 Å². The van der Waals surface area contributed by atoms with Gasteiger partial charge in [0.1, 0.15) is 24.1 Å². The summed E-state index contributed by atoms with van der Waals surface area (Å²) in [6.45, 7) is -0.457. The highest BCUT2D eigenvalue weighted by Gasteiger charge is 2.43. The van der Waals surface area contributed by atoms with Crippen molar-refractivity contribution in [1.82, 2.24) is 9.55 Å². The van der Waals surface area contributed by atoms with Crippen molar-refractivity contribution in [2.24, 2.45) is 0 Å². The van der Waals surface area contributed by atoms with Crippen molar-refractivity contribution in [1.29, 1.82) is 0 Å². The quantitative estimate of drug-likeness (QED) is 0.477. The van der Waals surface area contributed by atoms with E-state index in [-0.39, 0.29) is 5.82 Å². The lowest BCUT2D eigenvalue weighted by Crippen LogP contribution is -2.36. The Morgan fingerprint density at radius 3 is 2.74 bits per heavy atom. The standard InChI is InChI=1S/C10H15N3O5S/c1-19-5-2-13(10(17)12-8(5)11)9-7(16)6(15)4(3-14)18-9/h2,4,6-7,9,14-16H,3H2,1H3,(H2,11,12,17)/t4-,6-,7-,9+/m1/s1. The number of rotatable bonds is 3. The molecule has 1 aliphatic rings. The predicted molar refractivity (Wildman–Crippen MR) is 67.7 cm³/mol. The van der Waals surface area contributed by atoms with Crippen LogP contribution in [0.15, 0.2) is 15.9 Å². The second-order valence-electron chi connectivity index (χ2n) is 4.11. The van der Waals surface area contributed by atoms with Gasteiger partial charge >= 0.3 is 5.69 Å². The van der Waals surface area contributed by atoms with Gasteiger partial charge in [-0.1, -0.05) is 0 Å². The van der Waals surface area contributed by atoms with Gasteiger partial charge in [0.2, 0.25) is 0 Å². The Labute approximate surface area is 112 Å². The molecule has 1 saturated heterocycles. The first-order valence-electron chi connectivity index (χ1n) is 5.54. The maximum Gasteiger partial charge on any atom is 0.351 e. The zero-order chi connectivity index (χ0) is 14.2. The van der Waals surface area contributed by atoms with Crippen molar-refractivity contribution in [2.75, 3.05) is 18.6 Å². The van der Waals surface area contributed by atoms with E-state index in [0.717, 1.165) is 4.57 Å². The summed E-state index contributed by atoms with van der Waals surface area (Å²) in [5.74, 6) is 0.0977. The molecule has 0 amide bonds. The average Bonchev–Trinajstić information content (AvgIpc) is 2.67. The molecule has 5 N–H and O–H groups in total. The van der Waals surface area contributed by atoms with Gasteiger partial charge in [-0.15, -0.1) is 11.8 Å². The molecule has 0 unspecified atom stereocenters. The van der Waals surface area contributed by atoms with E-state index < -0.39 is 36.8 Å². The number of ether oxygens (including phenoxy) is 1. The summed E-state index contributed by atoms with van der Waals surface area (Å²) in [4.78, 5) is 16.0. The van der Waals surface area contributed by atoms with E-state index in [1.54, 1.807) is 6.26 Å². The molecule has 106 valence electrons. The number of hydrogen-bond acceptors (Lipinski definition) is 8. The second kappa shape index (κ2) is 5.47. The Bertz CT molecular complexity index is 522. The van der Waals surface area contributed by atoms with Crippen molar-refractivity contribution >= 4 is 17.6 Å². The van der Waals surface area contributed by atoms with Crippen LogP contribution in [-0.4, -0.2) is 56.0 Å². The van der Waals surface area contributed by atoms with Crippen LogP contribution in [0, 0.1) is 0 Å². The van der Waals surface area contributed by atoms with Crippen LogP contribution >= 0.6 is 11.8 Å². The Balaban J connectivity index is 2.40.